The maximum atomic E-state index is 12.3. The van der Waals surface area contributed by atoms with Gasteiger partial charge >= 0.3 is 12.0 Å². The van der Waals surface area contributed by atoms with Crippen LogP contribution < -0.4 is 0 Å². The molecule has 2 saturated heterocycles. The molecule has 2 atom stereocenters. The summed E-state index contributed by atoms with van der Waals surface area (Å²) in [5.41, 5.74) is 0. The molecule has 1 N–H and O–H groups in total. The zero-order valence-electron chi connectivity index (χ0n) is 10.3. The SMILES string of the molecule is CC1CCCN1C(=O)N1CCCC1CC(=O)O. The zero-order chi connectivity index (χ0) is 12.4. The Morgan fingerprint density at radius 2 is 1.82 bits per heavy atom. The highest BCUT2D eigenvalue weighted by Crippen LogP contribution is 2.25. The third kappa shape index (κ3) is 2.53. The molecule has 2 rings (SSSR count). The number of urea groups is 1. The first-order valence-electron chi connectivity index (χ1n) is 6.38. The fraction of sp³-hybridized carbons (Fsp3) is 0.833. The number of likely N-dealkylation sites (tertiary alicyclic amines) is 2. The number of carboxylic acids is 1. The Labute approximate surface area is 101 Å². The number of hydrogen-bond acceptors (Lipinski definition) is 2. The lowest BCUT2D eigenvalue weighted by Crippen LogP contribution is -2.47. The van der Waals surface area contributed by atoms with E-state index in [1.54, 1.807) is 4.90 Å². The lowest BCUT2D eigenvalue weighted by atomic mass is 10.1. The molecule has 5 heteroatoms. The predicted molar refractivity (Wildman–Crippen MR) is 62.8 cm³/mol. The first-order valence-corrected chi connectivity index (χ1v) is 6.38. The lowest BCUT2D eigenvalue weighted by molar-refractivity contribution is -0.138. The Morgan fingerprint density at radius 1 is 1.18 bits per heavy atom. The van der Waals surface area contributed by atoms with Crippen LogP contribution in [0.4, 0.5) is 4.79 Å². The summed E-state index contributed by atoms with van der Waals surface area (Å²) in [4.78, 5) is 26.7. The monoisotopic (exact) mass is 240 g/mol. The molecule has 2 aliphatic rings. The highest BCUT2D eigenvalue weighted by molar-refractivity contribution is 5.77. The van der Waals surface area contributed by atoms with E-state index in [1.807, 2.05) is 4.90 Å². The molecular weight excluding hydrogens is 220 g/mol. The Kier molecular flexibility index (Phi) is 3.54. The average molecular weight is 240 g/mol. The lowest BCUT2D eigenvalue weighted by Gasteiger charge is -2.31. The van der Waals surface area contributed by atoms with Gasteiger partial charge in [-0.3, -0.25) is 4.79 Å². The first kappa shape index (κ1) is 12.2. The normalized spacial score (nSPS) is 28.8. The Morgan fingerprint density at radius 3 is 2.41 bits per heavy atom. The van der Waals surface area contributed by atoms with Crippen molar-refractivity contribution in [1.82, 2.24) is 9.80 Å². The van der Waals surface area contributed by atoms with Crippen LogP contribution in [-0.2, 0) is 4.79 Å². The standard InChI is InChI=1S/C12H20N2O3/c1-9-4-2-6-13(9)12(17)14-7-3-5-10(14)8-11(15)16/h9-10H,2-8H2,1H3,(H,15,16). The van der Waals surface area contributed by atoms with Crippen LogP contribution in [0.15, 0.2) is 0 Å². The van der Waals surface area contributed by atoms with Crippen molar-refractivity contribution in [3.63, 3.8) is 0 Å². The third-order valence-corrected chi connectivity index (χ3v) is 3.83. The van der Waals surface area contributed by atoms with Crippen molar-refractivity contribution in [2.45, 2.75) is 51.1 Å². The molecule has 0 bridgehead atoms. The highest BCUT2D eigenvalue weighted by Gasteiger charge is 2.35. The Hall–Kier alpha value is -1.26. The minimum atomic E-state index is -0.816. The number of aliphatic carboxylic acids is 1. The molecule has 0 radical (unpaired) electrons. The van der Waals surface area contributed by atoms with Gasteiger partial charge < -0.3 is 14.9 Å². The molecule has 2 fully saturated rings. The van der Waals surface area contributed by atoms with E-state index in [9.17, 15) is 9.59 Å². The number of hydrogen-bond donors (Lipinski definition) is 1. The summed E-state index contributed by atoms with van der Waals surface area (Å²) in [7, 11) is 0. The van der Waals surface area contributed by atoms with Gasteiger partial charge in [-0.05, 0) is 32.6 Å². The van der Waals surface area contributed by atoms with E-state index in [4.69, 9.17) is 5.11 Å². The molecule has 2 unspecified atom stereocenters. The largest absolute Gasteiger partial charge is 0.481 e. The quantitative estimate of drug-likeness (QED) is 0.796. The molecule has 2 amide bonds. The smallest absolute Gasteiger partial charge is 0.320 e. The second-order valence-corrected chi connectivity index (χ2v) is 5.05. The molecule has 0 aromatic carbocycles. The van der Waals surface area contributed by atoms with Gasteiger partial charge in [0.05, 0.1) is 6.42 Å². The topological polar surface area (TPSA) is 60.9 Å². The van der Waals surface area contributed by atoms with E-state index in [2.05, 4.69) is 6.92 Å². The summed E-state index contributed by atoms with van der Waals surface area (Å²) in [6.07, 6.45) is 3.94. The van der Waals surface area contributed by atoms with Crippen molar-refractivity contribution in [1.29, 1.82) is 0 Å². The van der Waals surface area contributed by atoms with Crippen LogP contribution in [-0.4, -0.2) is 52.1 Å². The van der Waals surface area contributed by atoms with E-state index >= 15 is 0 Å². The molecule has 0 aromatic heterocycles. The van der Waals surface area contributed by atoms with Crippen molar-refractivity contribution < 1.29 is 14.7 Å². The van der Waals surface area contributed by atoms with Crippen LogP contribution in [0.2, 0.25) is 0 Å². The van der Waals surface area contributed by atoms with Crippen LogP contribution in [0.5, 0.6) is 0 Å². The van der Waals surface area contributed by atoms with E-state index < -0.39 is 5.97 Å². The van der Waals surface area contributed by atoms with Gasteiger partial charge in [0.2, 0.25) is 0 Å². The Balaban J connectivity index is 2.00. The van der Waals surface area contributed by atoms with Crippen LogP contribution in [0.1, 0.15) is 39.0 Å². The van der Waals surface area contributed by atoms with E-state index in [1.165, 1.54) is 0 Å². The number of amides is 2. The summed E-state index contributed by atoms with van der Waals surface area (Å²) < 4.78 is 0. The van der Waals surface area contributed by atoms with Gasteiger partial charge in [-0.1, -0.05) is 0 Å². The van der Waals surface area contributed by atoms with Crippen molar-refractivity contribution in [2.75, 3.05) is 13.1 Å². The summed E-state index contributed by atoms with van der Waals surface area (Å²) in [5.74, 6) is -0.816. The molecule has 17 heavy (non-hydrogen) atoms. The van der Waals surface area contributed by atoms with Crippen LogP contribution in [0, 0.1) is 0 Å². The van der Waals surface area contributed by atoms with Crippen molar-refractivity contribution >= 4 is 12.0 Å². The summed E-state index contributed by atoms with van der Waals surface area (Å²) in [5, 5.41) is 8.84. The van der Waals surface area contributed by atoms with E-state index in [0.29, 0.717) is 12.6 Å². The molecule has 2 heterocycles. The maximum absolute atomic E-state index is 12.3. The number of rotatable bonds is 2. The van der Waals surface area contributed by atoms with Gasteiger partial charge in [0.25, 0.3) is 0 Å². The molecule has 0 saturated carbocycles. The molecule has 5 nitrogen and oxygen atoms in total. The molecule has 2 aliphatic heterocycles. The fourth-order valence-electron chi connectivity index (χ4n) is 2.88. The molecule has 0 aromatic rings. The van der Waals surface area contributed by atoms with Gasteiger partial charge in [0.1, 0.15) is 0 Å². The van der Waals surface area contributed by atoms with Gasteiger partial charge in [-0.25, -0.2) is 4.79 Å². The summed E-state index contributed by atoms with van der Waals surface area (Å²) in [6.45, 7) is 3.59. The van der Waals surface area contributed by atoms with Gasteiger partial charge in [-0.15, -0.1) is 0 Å². The number of carboxylic acid groups (broad SMARTS) is 1. The van der Waals surface area contributed by atoms with Gasteiger partial charge in [0, 0.05) is 25.2 Å². The number of carbonyl (C=O) groups excluding carboxylic acids is 1. The maximum Gasteiger partial charge on any atom is 0.320 e. The van der Waals surface area contributed by atoms with Gasteiger partial charge in [0.15, 0.2) is 0 Å². The predicted octanol–water partition coefficient (Wildman–Crippen LogP) is 1.53. The number of carbonyl (C=O) groups is 2. The third-order valence-electron chi connectivity index (χ3n) is 3.83. The Bertz CT molecular complexity index is 319. The molecule has 96 valence electrons. The summed E-state index contributed by atoms with van der Waals surface area (Å²) in [6, 6.07) is 0.236. The van der Waals surface area contributed by atoms with Crippen molar-refractivity contribution in [3.05, 3.63) is 0 Å². The highest BCUT2D eigenvalue weighted by atomic mass is 16.4. The van der Waals surface area contributed by atoms with Crippen LogP contribution >= 0.6 is 0 Å². The molecule has 0 aliphatic carbocycles. The second kappa shape index (κ2) is 4.94. The minimum absolute atomic E-state index is 0.0405. The zero-order valence-corrected chi connectivity index (χ0v) is 10.3. The molecule has 0 spiro atoms. The molecular formula is C12H20N2O3. The number of nitrogens with zero attached hydrogens (tertiary/aromatic N) is 2. The summed E-state index contributed by atoms with van der Waals surface area (Å²) >= 11 is 0. The second-order valence-electron chi connectivity index (χ2n) is 5.05. The fourth-order valence-corrected chi connectivity index (χ4v) is 2.88. The minimum Gasteiger partial charge on any atom is -0.481 e. The van der Waals surface area contributed by atoms with Crippen LogP contribution in [0.3, 0.4) is 0 Å². The average Bonchev–Trinajstić information content (AvgIpc) is 2.85. The van der Waals surface area contributed by atoms with Crippen molar-refractivity contribution in [3.8, 4) is 0 Å². The first-order chi connectivity index (χ1) is 8.09. The van der Waals surface area contributed by atoms with Crippen LogP contribution in [0.25, 0.3) is 0 Å². The van der Waals surface area contributed by atoms with Gasteiger partial charge in [-0.2, -0.15) is 0 Å². The van der Waals surface area contributed by atoms with E-state index in [-0.39, 0.29) is 18.5 Å². The van der Waals surface area contributed by atoms with E-state index in [0.717, 1.165) is 32.2 Å². The van der Waals surface area contributed by atoms with Crippen molar-refractivity contribution in [2.24, 2.45) is 0 Å².